The molecule has 1 aliphatic rings. The van der Waals surface area contributed by atoms with Crippen LogP contribution in [0.4, 0.5) is 13.2 Å². The zero-order valence-corrected chi connectivity index (χ0v) is 20.5. The molecule has 0 aromatic heterocycles. The van der Waals surface area contributed by atoms with Crippen molar-refractivity contribution < 1.29 is 13.2 Å². The lowest BCUT2D eigenvalue weighted by Gasteiger charge is -2.28. The van der Waals surface area contributed by atoms with Crippen molar-refractivity contribution >= 4 is 11.6 Å². The van der Waals surface area contributed by atoms with Gasteiger partial charge in [0.1, 0.15) is 22.5 Å². The summed E-state index contributed by atoms with van der Waals surface area (Å²) in [6.45, 7) is 2.19. The SMILES string of the molecule is CCc1ccc(CCC2CCC(CCc3ccc(-c4cc(F)c(Cl)c(F)c4)c(F)c3)CC2)cc1. The van der Waals surface area contributed by atoms with Gasteiger partial charge in [0.2, 0.25) is 0 Å². The molecular weight excluding hydrogens is 453 g/mol. The maximum atomic E-state index is 14.7. The van der Waals surface area contributed by atoms with Crippen LogP contribution >= 0.6 is 11.6 Å². The van der Waals surface area contributed by atoms with Gasteiger partial charge in [-0.15, -0.1) is 0 Å². The second-order valence-corrected chi connectivity index (χ2v) is 10.1. The third-order valence-corrected chi connectivity index (χ3v) is 7.77. The van der Waals surface area contributed by atoms with Crippen molar-refractivity contribution in [3.05, 3.63) is 93.8 Å². The van der Waals surface area contributed by atoms with Crippen LogP contribution < -0.4 is 0 Å². The van der Waals surface area contributed by atoms with Gasteiger partial charge in [-0.1, -0.05) is 80.6 Å². The van der Waals surface area contributed by atoms with Crippen LogP contribution in [0, 0.1) is 29.3 Å². The minimum atomic E-state index is -0.884. The molecule has 0 bridgehead atoms. The van der Waals surface area contributed by atoms with E-state index in [0.717, 1.165) is 49.3 Å². The molecule has 0 saturated heterocycles. The van der Waals surface area contributed by atoms with Crippen molar-refractivity contribution in [3.8, 4) is 11.1 Å². The van der Waals surface area contributed by atoms with Crippen LogP contribution in [0.2, 0.25) is 5.02 Å². The number of hydrogen-bond donors (Lipinski definition) is 0. The Morgan fingerprint density at radius 1 is 0.676 bits per heavy atom. The summed E-state index contributed by atoms with van der Waals surface area (Å²) in [6, 6.07) is 16.1. The van der Waals surface area contributed by atoms with Gasteiger partial charge in [-0.3, -0.25) is 0 Å². The van der Waals surface area contributed by atoms with Gasteiger partial charge in [0, 0.05) is 5.56 Å². The number of rotatable bonds is 8. The van der Waals surface area contributed by atoms with E-state index < -0.39 is 22.5 Å². The molecule has 0 aliphatic heterocycles. The smallest absolute Gasteiger partial charge is 0.145 e. The second-order valence-electron chi connectivity index (χ2n) is 9.70. The second kappa shape index (κ2) is 11.4. The predicted octanol–water partition coefficient (Wildman–Crippen LogP) is 9.36. The summed E-state index contributed by atoms with van der Waals surface area (Å²) in [5.74, 6) is -0.745. The molecule has 0 radical (unpaired) electrons. The molecular formula is C30H32ClF3. The maximum absolute atomic E-state index is 14.7. The molecule has 34 heavy (non-hydrogen) atoms. The molecule has 0 unspecified atom stereocenters. The quantitative estimate of drug-likeness (QED) is 0.279. The average molecular weight is 485 g/mol. The fraction of sp³-hybridized carbons (Fsp3) is 0.400. The summed E-state index contributed by atoms with van der Waals surface area (Å²) in [6.07, 6.45) is 10.4. The highest BCUT2D eigenvalue weighted by molar-refractivity contribution is 6.31. The molecule has 180 valence electrons. The standard InChI is InChI=1S/C30H32ClF3/c1-2-20-3-5-21(6-4-20)7-8-22-9-11-23(12-10-22)13-14-24-15-16-26(27(32)17-24)25-18-28(33)30(31)29(34)19-25/h3-6,15-19,22-23H,2,7-14H2,1H3. The first-order chi connectivity index (χ1) is 16.4. The highest BCUT2D eigenvalue weighted by Crippen LogP contribution is 2.35. The summed E-state index contributed by atoms with van der Waals surface area (Å²) in [4.78, 5) is 0. The third kappa shape index (κ3) is 6.24. The molecule has 3 aromatic rings. The number of benzene rings is 3. The molecule has 3 aromatic carbocycles. The lowest BCUT2D eigenvalue weighted by Crippen LogP contribution is -2.15. The van der Waals surface area contributed by atoms with E-state index in [1.807, 2.05) is 6.07 Å². The van der Waals surface area contributed by atoms with Crippen LogP contribution in [-0.2, 0) is 19.3 Å². The molecule has 1 saturated carbocycles. The Morgan fingerprint density at radius 3 is 1.71 bits per heavy atom. The normalized spacial score (nSPS) is 18.3. The van der Waals surface area contributed by atoms with Gasteiger partial charge in [-0.05, 0) is 84.4 Å². The van der Waals surface area contributed by atoms with E-state index in [-0.39, 0.29) is 11.1 Å². The summed E-state index contributed by atoms with van der Waals surface area (Å²) < 4.78 is 42.2. The fourth-order valence-corrected chi connectivity index (χ4v) is 5.26. The summed E-state index contributed by atoms with van der Waals surface area (Å²) >= 11 is 5.54. The molecule has 0 nitrogen and oxygen atoms in total. The highest BCUT2D eigenvalue weighted by atomic mass is 35.5. The van der Waals surface area contributed by atoms with E-state index >= 15 is 0 Å². The van der Waals surface area contributed by atoms with E-state index in [1.54, 1.807) is 6.07 Å². The highest BCUT2D eigenvalue weighted by Gasteiger charge is 2.21. The molecule has 1 fully saturated rings. The Hall–Kier alpha value is -2.26. The minimum absolute atomic E-state index is 0.156. The topological polar surface area (TPSA) is 0 Å². The van der Waals surface area contributed by atoms with Gasteiger partial charge in [0.15, 0.2) is 0 Å². The molecule has 0 N–H and O–H groups in total. The minimum Gasteiger partial charge on any atom is -0.206 e. The van der Waals surface area contributed by atoms with Crippen LogP contribution in [0.15, 0.2) is 54.6 Å². The zero-order valence-electron chi connectivity index (χ0n) is 19.7. The number of hydrogen-bond acceptors (Lipinski definition) is 0. The lowest BCUT2D eigenvalue weighted by molar-refractivity contribution is 0.253. The lowest BCUT2D eigenvalue weighted by atomic mass is 9.77. The third-order valence-electron chi connectivity index (χ3n) is 7.41. The Bertz CT molecular complexity index is 1080. The molecule has 0 spiro atoms. The molecule has 0 atom stereocenters. The monoisotopic (exact) mass is 484 g/mol. The van der Waals surface area contributed by atoms with E-state index in [1.165, 1.54) is 49.3 Å². The zero-order chi connectivity index (χ0) is 24.1. The van der Waals surface area contributed by atoms with Crippen molar-refractivity contribution in [3.63, 3.8) is 0 Å². The summed E-state index contributed by atoms with van der Waals surface area (Å²) in [5.41, 5.74) is 4.10. The first kappa shape index (κ1) is 24.9. The van der Waals surface area contributed by atoms with E-state index in [9.17, 15) is 13.2 Å². The van der Waals surface area contributed by atoms with Crippen molar-refractivity contribution in [1.29, 1.82) is 0 Å². The van der Waals surface area contributed by atoms with Crippen LogP contribution in [0.3, 0.4) is 0 Å². The average Bonchev–Trinajstić information content (AvgIpc) is 2.85. The first-order valence-corrected chi connectivity index (χ1v) is 12.8. The maximum Gasteiger partial charge on any atom is 0.145 e. The van der Waals surface area contributed by atoms with Crippen molar-refractivity contribution in [2.75, 3.05) is 0 Å². The van der Waals surface area contributed by atoms with Gasteiger partial charge in [0.25, 0.3) is 0 Å². The van der Waals surface area contributed by atoms with Gasteiger partial charge >= 0.3 is 0 Å². The molecule has 1 aliphatic carbocycles. The molecule has 0 heterocycles. The Morgan fingerprint density at radius 2 is 1.18 bits per heavy atom. The van der Waals surface area contributed by atoms with Crippen molar-refractivity contribution in [2.45, 2.75) is 64.7 Å². The summed E-state index contributed by atoms with van der Waals surface area (Å²) in [5, 5.41) is -0.568. The Kier molecular flexibility index (Phi) is 8.37. The largest absolute Gasteiger partial charge is 0.206 e. The number of aryl methyl sites for hydroxylation is 3. The van der Waals surface area contributed by atoms with Crippen molar-refractivity contribution in [2.24, 2.45) is 11.8 Å². The van der Waals surface area contributed by atoms with Gasteiger partial charge < -0.3 is 0 Å². The van der Waals surface area contributed by atoms with Crippen molar-refractivity contribution in [1.82, 2.24) is 0 Å². The molecule has 4 heteroatoms. The van der Waals surface area contributed by atoms with Gasteiger partial charge in [-0.25, -0.2) is 13.2 Å². The Labute approximate surface area is 206 Å². The molecule has 0 amide bonds. The van der Waals surface area contributed by atoms with E-state index in [4.69, 9.17) is 11.6 Å². The number of halogens is 4. The molecule has 4 rings (SSSR count). The van der Waals surface area contributed by atoms with E-state index in [0.29, 0.717) is 5.92 Å². The van der Waals surface area contributed by atoms with Gasteiger partial charge in [0.05, 0.1) is 0 Å². The predicted molar refractivity (Wildman–Crippen MR) is 135 cm³/mol. The Balaban J connectivity index is 1.25. The van der Waals surface area contributed by atoms with E-state index in [2.05, 4.69) is 31.2 Å². The van der Waals surface area contributed by atoms with Crippen LogP contribution in [0.1, 0.15) is 62.1 Å². The first-order valence-electron chi connectivity index (χ1n) is 12.4. The summed E-state index contributed by atoms with van der Waals surface area (Å²) in [7, 11) is 0. The van der Waals surface area contributed by atoms with Gasteiger partial charge in [-0.2, -0.15) is 0 Å². The van der Waals surface area contributed by atoms with Crippen LogP contribution in [0.5, 0.6) is 0 Å². The van der Waals surface area contributed by atoms with Crippen LogP contribution in [0.25, 0.3) is 11.1 Å². The fourth-order valence-electron chi connectivity index (χ4n) is 5.15. The van der Waals surface area contributed by atoms with Crippen LogP contribution in [-0.4, -0.2) is 0 Å².